The van der Waals surface area contributed by atoms with Gasteiger partial charge in [0.2, 0.25) is 5.78 Å². The lowest BCUT2D eigenvalue weighted by Gasteiger charge is -2.15. The molecule has 2 rings (SSSR count). The van der Waals surface area contributed by atoms with Gasteiger partial charge in [0.15, 0.2) is 5.78 Å². The van der Waals surface area contributed by atoms with Gasteiger partial charge in [0, 0.05) is 23.9 Å². The number of unbranched alkanes of at least 4 members (excludes halogenated alkanes) is 1. The predicted molar refractivity (Wildman–Crippen MR) is 75.8 cm³/mol. The molecule has 0 N–H and O–H groups in total. The van der Waals surface area contributed by atoms with Crippen molar-refractivity contribution < 1.29 is 9.59 Å². The number of aromatic nitrogens is 1. The van der Waals surface area contributed by atoms with E-state index in [9.17, 15) is 9.59 Å². The summed E-state index contributed by atoms with van der Waals surface area (Å²) in [5.41, 5.74) is 4.52. The van der Waals surface area contributed by atoms with Crippen molar-refractivity contribution in [1.29, 1.82) is 0 Å². The van der Waals surface area contributed by atoms with Crippen molar-refractivity contribution in [3.63, 3.8) is 0 Å². The van der Waals surface area contributed by atoms with Crippen molar-refractivity contribution >= 4 is 11.6 Å². The summed E-state index contributed by atoms with van der Waals surface area (Å²) in [6, 6.07) is 0. The number of fused-ring (bicyclic) bond motifs is 1. The highest BCUT2D eigenvalue weighted by Crippen LogP contribution is 2.32. The predicted octanol–water partition coefficient (Wildman–Crippen LogP) is 3.39. The zero-order chi connectivity index (χ0) is 14.3. The number of hydrogen-bond donors (Lipinski definition) is 0. The first-order valence-corrected chi connectivity index (χ1v) is 6.86. The molecule has 0 atom stereocenters. The van der Waals surface area contributed by atoms with E-state index < -0.39 is 0 Å². The van der Waals surface area contributed by atoms with Crippen LogP contribution in [0.1, 0.15) is 65.7 Å². The van der Waals surface area contributed by atoms with Crippen molar-refractivity contribution in [2.45, 2.75) is 47.0 Å². The van der Waals surface area contributed by atoms with Gasteiger partial charge in [-0.1, -0.05) is 13.3 Å². The van der Waals surface area contributed by atoms with Gasteiger partial charge in [-0.25, -0.2) is 0 Å². The number of carbonyl (C=O) groups excluding carboxylic acids is 2. The Bertz CT molecular complexity index is 603. The van der Waals surface area contributed by atoms with Gasteiger partial charge in [-0.15, -0.1) is 0 Å². The molecule has 1 aromatic rings. The van der Waals surface area contributed by atoms with E-state index in [0.717, 1.165) is 30.5 Å². The third-order valence-electron chi connectivity index (χ3n) is 4.28. The highest BCUT2D eigenvalue weighted by Gasteiger charge is 2.34. The summed E-state index contributed by atoms with van der Waals surface area (Å²) in [6.45, 7) is 7.62. The van der Waals surface area contributed by atoms with E-state index in [1.165, 1.54) is 0 Å². The second-order valence-corrected chi connectivity index (χ2v) is 5.36. The van der Waals surface area contributed by atoms with Crippen LogP contribution < -0.4 is 0 Å². The summed E-state index contributed by atoms with van der Waals surface area (Å²) in [5.74, 6) is 0.0300. The molecular weight excluding hydrogens is 238 g/mol. The molecule has 3 nitrogen and oxygen atoms in total. The largest absolute Gasteiger partial charge is 0.344 e. The lowest BCUT2D eigenvalue weighted by atomic mass is 9.86. The maximum absolute atomic E-state index is 12.5. The first kappa shape index (κ1) is 13.8. The Labute approximate surface area is 114 Å². The van der Waals surface area contributed by atoms with Crippen molar-refractivity contribution in [3.05, 3.63) is 33.7 Å². The molecule has 0 bridgehead atoms. The Kier molecular flexibility index (Phi) is 3.48. The Morgan fingerprint density at radius 3 is 2.16 bits per heavy atom. The third-order valence-corrected chi connectivity index (χ3v) is 4.28. The third kappa shape index (κ3) is 1.88. The summed E-state index contributed by atoms with van der Waals surface area (Å²) in [7, 11) is 1.88. The van der Waals surface area contributed by atoms with Crippen molar-refractivity contribution in [1.82, 2.24) is 4.57 Å². The first-order chi connectivity index (χ1) is 8.91. The van der Waals surface area contributed by atoms with Gasteiger partial charge in [0.05, 0.1) is 5.56 Å². The average Bonchev–Trinajstić information content (AvgIpc) is 2.64. The summed E-state index contributed by atoms with van der Waals surface area (Å²) in [4.78, 5) is 24.9. The summed E-state index contributed by atoms with van der Waals surface area (Å²) >= 11 is 0. The second-order valence-electron chi connectivity index (χ2n) is 5.36. The minimum atomic E-state index is 0.000415. The van der Waals surface area contributed by atoms with Crippen molar-refractivity contribution in [2.24, 2.45) is 7.05 Å². The van der Waals surface area contributed by atoms with Crippen LogP contribution in [0.25, 0.3) is 0 Å². The second kappa shape index (κ2) is 4.80. The number of allylic oxidation sites excluding steroid dienone is 2. The van der Waals surface area contributed by atoms with E-state index in [4.69, 9.17) is 0 Å². The number of hydrogen-bond acceptors (Lipinski definition) is 2. The van der Waals surface area contributed by atoms with E-state index >= 15 is 0 Å². The number of rotatable bonds is 3. The molecule has 0 fully saturated rings. The lowest BCUT2D eigenvalue weighted by Crippen LogP contribution is -2.21. The van der Waals surface area contributed by atoms with E-state index in [1.807, 2.05) is 18.5 Å². The first-order valence-electron chi connectivity index (χ1n) is 6.86. The fraction of sp³-hybridized carbons (Fsp3) is 0.500. The zero-order valence-electron chi connectivity index (χ0n) is 12.4. The van der Waals surface area contributed by atoms with Gasteiger partial charge in [0.25, 0.3) is 0 Å². The fourth-order valence-corrected chi connectivity index (χ4v) is 2.74. The highest BCUT2D eigenvalue weighted by molar-refractivity contribution is 6.26. The van der Waals surface area contributed by atoms with Gasteiger partial charge in [-0.2, -0.15) is 0 Å². The van der Waals surface area contributed by atoms with Crippen LogP contribution in [0.5, 0.6) is 0 Å². The Hall–Kier alpha value is -1.64. The minimum absolute atomic E-state index is 0.000415. The summed E-state index contributed by atoms with van der Waals surface area (Å²) in [5, 5.41) is 0. The smallest absolute Gasteiger partial charge is 0.206 e. The molecule has 0 spiro atoms. The van der Waals surface area contributed by atoms with Crippen LogP contribution in [0.3, 0.4) is 0 Å². The Morgan fingerprint density at radius 1 is 1.00 bits per heavy atom. The molecule has 0 amide bonds. The van der Waals surface area contributed by atoms with Crippen LogP contribution >= 0.6 is 0 Å². The van der Waals surface area contributed by atoms with Gasteiger partial charge < -0.3 is 4.57 Å². The molecule has 1 aromatic heterocycles. The van der Waals surface area contributed by atoms with E-state index in [2.05, 4.69) is 6.92 Å². The van der Waals surface area contributed by atoms with Gasteiger partial charge in [-0.3, -0.25) is 9.59 Å². The number of nitrogens with zero attached hydrogens (tertiary/aromatic N) is 1. The molecule has 0 saturated heterocycles. The average molecular weight is 259 g/mol. The number of carbonyl (C=O) groups is 2. The van der Waals surface area contributed by atoms with E-state index in [1.54, 1.807) is 13.8 Å². The molecule has 0 unspecified atom stereocenters. The maximum Gasteiger partial charge on any atom is 0.206 e. The molecule has 0 aliphatic heterocycles. The van der Waals surface area contributed by atoms with Crippen LogP contribution in [0.2, 0.25) is 0 Å². The maximum atomic E-state index is 12.5. The van der Waals surface area contributed by atoms with Crippen LogP contribution in [-0.2, 0) is 13.5 Å². The molecule has 1 aliphatic carbocycles. The summed E-state index contributed by atoms with van der Waals surface area (Å²) < 4.78 is 1.89. The van der Waals surface area contributed by atoms with Crippen LogP contribution in [0.15, 0.2) is 11.1 Å². The quantitative estimate of drug-likeness (QED) is 0.834. The van der Waals surface area contributed by atoms with Gasteiger partial charge in [0.1, 0.15) is 5.69 Å². The van der Waals surface area contributed by atoms with Gasteiger partial charge in [-0.05, 0) is 39.2 Å². The molecule has 1 heterocycles. The molecule has 0 aromatic carbocycles. The van der Waals surface area contributed by atoms with E-state index in [0.29, 0.717) is 22.4 Å². The molecule has 3 heteroatoms. The highest BCUT2D eigenvalue weighted by atomic mass is 16.1. The number of Topliss-reactive ketones (excluding diaryl/α,β-unsaturated/α-hetero) is 2. The van der Waals surface area contributed by atoms with Crippen LogP contribution in [0, 0.1) is 6.92 Å². The minimum Gasteiger partial charge on any atom is -0.344 e. The topological polar surface area (TPSA) is 39.1 Å². The standard InChI is InChI=1S/C16H21NO2/c1-6-7-8-12-11(4)17(5)14-13(12)15(18)9(2)10(3)16(14)19/h6-8H2,1-5H3. The van der Waals surface area contributed by atoms with Crippen molar-refractivity contribution in [2.75, 3.05) is 0 Å². The molecular formula is C16H21NO2. The zero-order valence-corrected chi connectivity index (χ0v) is 12.4. The number of ketones is 2. The fourth-order valence-electron chi connectivity index (χ4n) is 2.74. The summed E-state index contributed by atoms with van der Waals surface area (Å²) in [6.07, 6.45) is 3.00. The molecule has 102 valence electrons. The Morgan fingerprint density at radius 2 is 1.58 bits per heavy atom. The SMILES string of the molecule is CCCCc1c2c(n(C)c1C)C(=O)C(C)=C(C)C2=O. The van der Waals surface area contributed by atoms with E-state index in [-0.39, 0.29) is 11.6 Å². The monoisotopic (exact) mass is 259 g/mol. The Balaban J connectivity index is 2.67. The molecule has 19 heavy (non-hydrogen) atoms. The normalized spacial score (nSPS) is 15.2. The van der Waals surface area contributed by atoms with Crippen LogP contribution in [-0.4, -0.2) is 16.1 Å². The molecule has 0 radical (unpaired) electrons. The molecule has 0 saturated carbocycles. The van der Waals surface area contributed by atoms with Crippen molar-refractivity contribution in [3.8, 4) is 0 Å². The lowest BCUT2D eigenvalue weighted by molar-refractivity contribution is 0.0969. The van der Waals surface area contributed by atoms with Gasteiger partial charge >= 0.3 is 0 Å². The van der Waals surface area contributed by atoms with Crippen LogP contribution in [0.4, 0.5) is 0 Å². The molecule has 1 aliphatic rings.